The molecule has 1 fully saturated rings. The Hall–Kier alpha value is -2.57. The van der Waals surface area contributed by atoms with Gasteiger partial charge in [-0.15, -0.1) is 0 Å². The van der Waals surface area contributed by atoms with Gasteiger partial charge >= 0.3 is 12.2 Å². The first-order valence-corrected chi connectivity index (χ1v) is 9.76. The van der Waals surface area contributed by atoms with Crippen LogP contribution in [0, 0.1) is 11.3 Å². The summed E-state index contributed by atoms with van der Waals surface area (Å²) in [6, 6.07) is 8.42. The van der Waals surface area contributed by atoms with E-state index in [4.69, 9.17) is 16.9 Å². The molecule has 3 rings (SSSR count). The number of imide groups is 1. The molecule has 0 spiro atoms. The zero-order valence-electron chi connectivity index (χ0n) is 15.7. The SMILES string of the molecule is CC1(C)C(=O)N(c2ccc(C#N)c(C(F)(F)F)c2)C(=O)N1Cc1ccc(Cl)cc1Br. The Kier molecular flexibility index (Phi) is 5.60. The Bertz CT molecular complexity index is 1100. The summed E-state index contributed by atoms with van der Waals surface area (Å²) in [5.41, 5.74) is -2.68. The van der Waals surface area contributed by atoms with Gasteiger partial charge in [0.2, 0.25) is 0 Å². The van der Waals surface area contributed by atoms with Crippen molar-refractivity contribution in [3.8, 4) is 6.07 Å². The minimum atomic E-state index is -4.81. The predicted octanol–water partition coefficient (Wildman–Crippen LogP) is 5.74. The molecular formula is C20H14BrClF3N3O2. The van der Waals surface area contributed by atoms with Crippen LogP contribution in [0.5, 0.6) is 0 Å². The third kappa shape index (κ3) is 3.77. The third-order valence-corrected chi connectivity index (χ3v) is 5.83. The van der Waals surface area contributed by atoms with E-state index in [2.05, 4.69) is 15.9 Å². The summed E-state index contributed by atoms with van der Waals surface area (Å²) in [5.74, 6) is -0.671. The Labute approximate surface area is 183 Å². The lowest BCUT2D eigenvalue weighted by molar-refractivity contribution is -0.137. The molecule has 0 atom stereocenters. The van der Waals surface area contributed by atoms with Crippen molar-refractivity contribution in [1.29, 1.82) is 5.26 Å². The van der Waals surface area contributed by atoms with Crippen LogP contribution in [0.3, 0.4) is 0 Å². The number of nitriles is 1. The molecule has 2 aromatic carbocycles. The van der Waals surface area contributed by atoms with Crippen LogP contribution in [0.15, 0.2) is 40.9 Å². The summed E-state index contributed by atoms with van der Waals surface area (Å²) in [5, 5.41) is 9.44. The average molecular weight is 501 g/mol. The lowest BCUT2D eigenvalue weighted by Crippen LogP contribution is -2.43. The van der Waals surface area contributed by atoms with Crippen LogP contribution in [0.25, 0.3) is 0 Å². The highest BCUT2D eigenvalue weighted by Crippen LogP contribution is 2.38. The van der Waals surface area contributed by atoms with Gasteiger partial charge in [-0.05, 0) is 49.7 Å². The molecule has 0 N–H and O–H groups in total. The highest BCUT2D eigenvalue weighted by molar-refractivity contribution is 9.10. The Morgan fingerprint density at radius 3 is 2.40 bits per heavy atom. The van der Waals surface area contributed by atoms with Gasteiger partial charge in [0.25, 0.3) is 5.91 Å². The fraction of sp³-hybridized carbons (Fsp3) is 0.250. The summed E-state index contributed by atoms with van der Waals surface area (Å²) >= 11 is 9.29. The van der Waals surface area contributed by atoms with Crippen LogP contribution >= 0.6 is 27.5 Å². The van der Waals surface area contributed by atoms with Gasteiger partial charge < -0.3 is 4.90 Å². The quantitative estimate of drug-likeness (QED) is 0.505. The van der Waals surface area contributed by atoms with Gasteiger partial charge in [-0.25, -0.2) is 9.69 Å². The largest absolute Gasteiger partial charge is 0.417 e. The molecule has 1 aliphatic heterocycles. The van der Waals surface area contributed by atoms with E-state index < -0.39 is 34.8 Å². The van der Waals surface area contributed by atoms with Crippen LogP contribution in [0.1, 0.15) is 30.5 Å². The highest BCUT2D eigenvalue weighted by Gasteiger charge is 2.52. The summed E-state index contributed by atoms with van der Waals surface area (Å²) < 4.78 is 40.6. The monoisotopic (exact) mass is 499 g/mol. The second kappa shape index (κ2) is 7.60. The molecule has 0 unspecified atom stereocenters. The van der Waals surface area contributed by atoms with Crippen molar-refractivity contribution in [2.75, 3.05) is 4.90 Å². The number of carbonyl (C=O) groups excluding carboxylic acids is 2. The van der Waals surface area contributed by atoms with Crippen LogP contribution < -0.4 is 4.90 Å². The van der Waals surface area contributed by atoms with Gasteiger partial charge in [0, 0.05) is 16.0 Å². The third-order valence-electron chi connectivity index (χ3n) is 4.85. The normalized spacial score (nSPS) is 16.2. The fourth-order valence-electron chi connectivity index (χ4n) is 3.15. The van der Waals surface area contributed by atoms with Crippen molar-refractivity contribution < 1.29 is 22.8 Å². The van der Waals surface area contributed by atoms with Crippen molar-refractivity contribution >= 4 is 45.2 Å². The molecule has 0 bridgehead atoms. The molecule has 0 aliphatic carbocycles. The maximum Gasteiger partial charge on any atom is 0.417 e. The molecule has 3 amide bonds. The van der Waals surface area contributed by atoms with Gasteiger partial charge in [-0.2, -0.15) is 18.4 Å². The first kappa shape index (κ1) is 22.1. The van der Waals surface area contributed by atoms with E-state index in [0.29, 0.717) is 26.0 Å². The van der Waals surface area contributed by atoms with Gasteiger partial charge in [0.1, 0.15) is 5.54 Å². The van der Waals surface area contributed by atoms with E-state index in [1.165, 1.54) is 24.8 Å². The van der Waals surface area contributed by atoms with Crippen LogP contribution in [0.4, 0.5) is 23.7 Å². The summed E-state index contributed by atoms with van der Waals surface area (Å²) in [7, 11) is 0. The molecule has 2 aromatic rings. The molecule has 5 nitrogen and oxygen atoms in total. The Balaban J connectivity index is 2.03. The number of amides is 3. The number of nitrogens with zero attached hydrogens (tertiary/aromatic N) is 3. The molecule has 1 heterocycles. The number of urea groups is 1. The smallest absolute Gasteiger partial charge is 0.305 e. The van der Waals surface area contributed by atoms with E-state index in [-0.39, 0.29) is 12.2 Å². The van der Waals surface area contributed by atoms with E-state index in [1.54, 1.807) is 18.2 Å². The van der Waals surface area contributed by atoms with Crippen LogP contribution in [0.2, 0.25) is 5.02 Å². The van der Waals surface area contributed by atoms with Crippen LogP contribution in [-0.2, 0) is 17.5 Å². The summed E-state index contributed by atoms with van der Waals surface area (Å²) in [4.78, 5) is 28.0. The zero-order valence-corrected chi connectivity index (χ0v) is 18.1. The Morgan fingerprint density at radius 2 is 1.83 bits per heavy atom. The van der Waals surface area contributed by atoms with Gasteiger partial charge in [-0.3, -0.25) is 4.79 Å². The predicted molar refractivity (Wildman–Crippen MR) is 108 cm³/mol. The lowest BCUT2D eigenvalue weighted by atomic mass is 10.0. The average Bonchev–Trinajstić information content (AvgIpc) is 2.82. The number of halogens is 5. The summed E-state index contributed by atoms with van der Waals surface area (Å²) in [6.07, 6.45) is -4.81. The maximum absolute atomic E-state index is 13.3. The number of benzene rings is 2. The van der Waals surface area contributed by atoms with Crippen LogP contribution in [-0.4, -0.2) is 22.4 Å². The number of hydrogen-bond acceptors (Lipinski definition) is 3. The minimum Gasteiger partial charge on any atom is -0.305 e. The number of rotatable bonds is 3. The van der Waals surface area contributed by atoms with Gasteiger partial charge in [0.05, 0.1) is 22.9 Å². The molecule has 0 saturated carbocycles. The van der Waals surface area contributed by atoms with E-state index in [9.17, 15) is 22.8 Å². The molecule has 10 heteroatoms. The molecule has 30 heavy (non-hydrogen) atoms. The second-order valence-corrected chi connectivity index (χ2v) is 8.43. The van der Waals surface area contributed by atoms with E-state index >= 15 is 0 Å². The fourth-order valence-corrected chi connectivity index (χ4v) is 3.96. The number of hydrogen-bond donors (Lipinski definition) is 0. The van der Waals surface area contributed by atoms with Crippen molar-refractivity contribution in [1.82, 2.24) is 4.90 Å². The number of carbonyl (C=O) groups is 2. The lowest BCUT2D eigenvalue weighted by Gasteiger charge is -2.28. The number of alkyl halides is 3. The van der Waals surface area contributed by atoms with Gasteiger partial charge in [0.15, 0.2) is 0 Å². The molecule has 156 valence electrons. The minimum absolute atomic E-state index is 0.0359. The molecule has 1 aliphatic rings. The van der Waals surface area contributed by atoms with E-state index in [1.807, 2.05) is 0 Å². The first-order valence-electron chi connectivity index (χ1n) is 8.59. The van der Waals surface area contributed by atoms with E-state index in [0.717, 1.165) is 12.1 Å². The topological polar surface area (TPSA) is 64.4 Å². The standard InChI is InChI=1S/C20H14BrClF3N3O2/c1-19(2)17(29)28(14-6-4-11(9-26)15(8-14)20(23,24)25)18(30)27(19)10-12-3-5-13(22)7-16(12)21/h3-8H,10H2,1-2H3. The molecule has 1 saturated heterocycles. The molecule has 0 aromatic heterocycles. The first-order chi connectivity index (χ1) is 13.9. The van der Waals surface area contributed by atoms with Crippen molar-refractivity contribution in [3.05, 3.63) is 62.6 Å². The van der Waals surface area contributed by atoms with Crippen molar-refractivity contribution in [2.45, 2.75) is 32.1 Å². The summed E-state index contributed by atoms with van der Waals surface area (Å²) in [6.45, 7) is 3.07. The van der Waals surface area contributed by atoms with Crippen molar-refractivity contribution in [3.63, 3.8) is 0 Å². The maximum atomic E-state index is 13.3. The molecular weight excluding hydrogens is 487 g/mol. The highest BCUT2D eigenvalue weighted by atomic mass is 79.9. The zero-order chi connectivity index (χ0) is 22.4. The molecule has 0 radical (unpaired) electrons. The van der Waals surface area contributed by atoms with Crippen molar-refractivity contribution in [2.24, 2.45) is 0 Å². The van der Waals surface area contributed by atoms with Gasteiger partial charge in [-0.1, -0.05) is 33.6 Å². The second-order valence-electron chi connectivity index (χ2n) is 7.14. The number of anilines is 1. The Morgan fingerprint density at radius 1 is 1.17 bits per heavy atom.